The maximum Gasteiger partial charge on any atom is 0.231 e. The van der Waals surface area contributed by atoms with Gasteiger partial charge >= 0.3 is 0 Å². The molecule has 8 heteroatoms. The molecule has 1 aliphatic rings. The summed E-state index contributed by atoms with van der Waals surface area (Å²) in [6.07, 6.45) is 1.44. The number of nitrogens with zero attached hydrogens (tertiary/aromatic N) is 3. The molecule has 152 valence electrons. The number of carbonyl (C=O) groups is 1. The van der Waals surface area contributed by atoms with E-state index in [-0.39, 0.29) is 17.5 Å². The Hall–Kier alpha value is -3.03. The molecule has 4 rings (SSSR count). The number of aryl methyl sites for hydroxylation is 3. The van der Waals surface area contributed by atoms with Gasteiger partial charge in [-0.15, -0.1) is 0 Å². The van der Waals surface area contributed by atoms with E-state index in [1.54, 1.807) is 6.92 Å². The highest BCUT2D eigenvalue weighted by molar-refractivity contribution is 5.94. The number of halogens is 2. The average Bonchev–Trinajstić information content (AvgIpc) is 2.97. The molecule has 1 saturated heterocycles. The van der Waals surface area contributed by atoms with Gasteiger partial charge in [-0.25, -0.2) is 13.8 Å². The Labute approximate surface area is 166 Å². The first-order valence-corrected chi connectivity index (χ1v) is 9.58. The van der Waals surface area contributed by atoms with Crippen molar-refractivity contribution in [2.75, 3.05) is 23.3 Å². The molecule has 3 heterocycles. The number of piperidine rings is 1. The molecule has 1 fully saturated rings. The largest absolute Gasteiger partial charge is 0.443 e. The zero-order valence-electron chi connectivity index (χ0n) is 16.6. The topological polar surface area (TPSA) is 71.3 Å². The van der Waals surface area contributed by atoms with Crippen LogP contribution < -0.4 is 10.2 Å². The smallest absolute Gasteiger partial charge is 0.231 e. The van der Waals surface area contributed by atoms with E-state index in [2.05, 4.69) is 20.2 Å². The van der Waals surface area contributed by atoms with Crippen LogP contribution in [0.15, 0.2) is 22.6 Å². The van der Waals surface area contributed by atoms with Gasteiger partial charge in [-0.2, -0.15) is 4.98 Å². The maximum absolute atomic E-state index is 13.9. The number of aromatic nitrogens is 2. The summed E-state index contributed by atoms with van der Waals surface area (Å²) in [6, 6.07) is 3.01. The number of hydrogen-bond acceptors (Lipinski definition) is 5. The fourth-order valence-corrected chi connectivity index (χ4v) is 3.77. The van der Waals surface area contributed by atoms with Crippen molar-refractivity contribution in [1.29, 1.82) is 0 Å². The van der Waals surface area contributed by atoms with Gasteiger partial charge in [-0.3, -0.25) is 4.79 Å². The summed E-state index contributed by atoms with van der Waals surface area (Å²) < 4.78 is 33.0. The minimum Gasteiger partial charge on any atom is -0.443 e. The van der Waals surface area contributed by atoms with E-state index < -0.39 is 11.6 Å². The second-order valence-corrected chi connectivity index (χ2v) is 7.46. The number of anilines is 2. The fraction of sp³-hybridized carbons (Fsp3) is 0.381. The molecule has 6 nitrogen and oxygen atoms in total. The first-order valence-electron chi connectivity index (χ1n) is 9.58. The molecule has 0 aliphatic carbocycles. The quantitative estimate of drug-likeness (QED) is 0.711. The molecule has 0 radical (unpaired) electrons. The van der Waals surface area contributed by atoms with Crippen LogP contribution in [0.25, 0.3) is 11.1 Å². The average molecular weight is 400 g/mol. The van der Waals surface area contributed by atoms with Gasteiger partial charge in [0.05, 0.1) is 17.0 Å². The van der Waals surface area contributed by atoms with Crippen molar-refractivity contribution in [3.63, 3.8) is 0 Å². The van der Waals surface area contributed by atoms with E-state index in [9.17, 15) is 13.6 Å². The summed E-state index contributed by atoms with van der Waals surface area (Å²) in [5.41, 5.74) is 1.37. The van der Waals surface area contributed by atoms with E-state index in [1.165, 1.54) is 0 Å². The number of fused-ring (bicyclic) bond motifs is 1. The molecule has 0 bridgehead atoms. The lowest BCUT2D eigenvalue weighted by Gasteiger charge is -2.33. The Bertz CT molecular complexity index is 1100. The Morgan fingerprint density at radius 3 is 2.83 bits per heavy atom. The van der Waals surface area contributed by atoms with Crippen LogP contribution in [0, 0.1) is 38.3 Å². The molecule has 1 N–H and O–H groups in total. The van der Waals surface area contributed by atoms with Gasteiger partial charge in [-0.1, -0.05) is 0 Å². The molecule has 1 aromatic carbocycles. The molecular weight excluding hydrogens is 378 g/mol. The monoisotopic (exact) mass is 400 g/mol. The highest BCUT2D eigenvalue weighted by Gasteiger charge is 2.29. The minimum atomic E-state index is -0.662. The number of rotatable bonds is 3. The normalized spacial score (nSPS) is 17.0. The zero-order chi connectivity index (χ0) is 20.7. The van der Waals surface area contributed by atoms with Crippen molar-refractivity contribution in [3.05, 3.63) is 47.0 Å². The van der Waals surface area contributed by atoms with Crippen LogP contribution >= 0.6 is 0 Å². The second kappa shape index (κ2) is 7.42. The van der Waals surface area contributed by atoms with Crippen molar-refractivity contribution in [1.82, 2.24) is 9.97 Å². The van der Waals surface area contributed by atoms with Gasteiger partial charge in [0.1, 0.15) is 29.0 Å². The van der Waals surface area contributed by atoms with Crippen LogP contribution in [0.2, 0.25) is 0 Å². The molecule has 2 aromatic heterocycles. The summed E-state index contributed by atoms with van der Waals surface area (Å²) in [6.45, 7) is 6.82. The van der Waals surface area contributed by atoms with Gasteiger partial charge in [0.2, 0.25) is 11.6 Å². The third kappa shape index (κ3) is 3.66. The van der Waals surface area contributed by atoms with Crippen LogP contribution in [0.1, 0.15) is 30.0 Å². The zero-order valence-corrected chi connectivity index (χ0v) is 16.6. The van der Waals surface area contributed by atoms with Gasteiger partial charge in [0.25, 0.3) is 0 Å². The number of carbonyl (C=O) groups excluding carboxylic acids is 1. The van der Waals surface area contributed by atoms with Crippen LogP contribution in [0.3, 0.4) is 0 Å². The molecule has 0 saturated carbocycles. The Kier molecular flexibility index (Phi) is 4.94. The number of amides is 1. The third-order valence-electron chi connectivity index (χ3n) is 5.40. The van der Waals surface area contributed by atoms with Crippen molar-refractivity contribution in [2.45, 2.75) is 33.6 Å². The highest BCUT2D eigenvalue weighted by Crippen LogP contribution is 2.33. The number of benzene rings is 1. The lowest BCUT2D eigenvalue weighted by atomic mass is 9.96. The maximum atomic E-state index is 13.9. The molecule has 1 amide bonds. The van der Waals surface area contributed by atoms with E-state index in [0.29, 0.717) is 24.5 Å². The van der Waals surface area contributed by atoms with Crippen molar-refractivity contribution < 1.29 is 18.0 Å². The number of hydrogen-bond donors (Lipinski definition) is 1. The first kappa shape index (κ1) is 19.3. The van der Waals surface area contributed by atoms with Crippen molar-refractivity contribution >= 4 is 28.5 Å². The van der Waals surface area contributed by atoms with Crippen LogP contribution in [-0.4, -0.2) is 29.0 Å². The second-order valence-electron chi connectivity index (χ2n) is 7.46. The van der Waals surface area contributed by atoms with E-state index in [0.717, 1.165) is 53.7 Å². The molecular formula is C21H22F2N4O2. The molecule has 0 spiro atoms. The summed E-state index contributed by atoms with van der Waals surface area (Å²) in [5.74, 6) is 0.160. The summed E-state index contributed by atoms with van der Waals surface area (Å²) >= 11 is 0. The predicted octanol–water partition coefficient (Wildman–Crippen LogP) is 4.28. The Morgan fingerprint density at radius 2 is 2.03 bits per heavy atom. The van der Waals surface area contributed by atoms with Crippen LogP contribution in [0.4, 0.5) is 20.3 Å². The fourth-order valence-electron chi connectivity index (χ4n) is 3.77. The number of nitrogens with one attached hydrogen (secondary N) is 1. The van der Waals surface area contributed by atoms with Crippen molar-refractivity contribution in [3.8, 4) is 0 Å². The van der Waals surface area contributed by atoms with Gasteiger partial charge in [-0.05, 0) is 45.7 Å². The third-order valence-corrected chi connectivity index (χ3v) is 5.40. The summed E-state index contributed by atoms with van der Waals surface area (Å²) in [5, 5.41) is 3.38. The molecule has 3 aromatic rings. The van der Waals surface area contributed by atoms with E-state index in [1.807, 2.05) is 13.8 Å². The van der Waals surface area contributed by atoms with Crippen molar-refractivity contribution in [2.24, 2.45) is 5.92 Å². The lowest BCUT2D eigenvalue weighted by Crippen LogP contribution is -2.41. The summed E-state index contributed by atoms with van der Waals surface area (Å²) in [4.78, 5) is 23.8. The Morgan fingerprint density at radius 1 is 1.24 bits per heavy atom. The van der Waals surface area contributed by atoms with Crippen LogP contribution in [0.5, 0.6) is 0 Å². The molecule has 1 aliphatic heterocycles. The van der Waals surface area contributed by atoms with E-state index >= 15 is 0 Å². The molecule has 1 atom stereocenters. The standard InChI is InChI=1S/C21H22F2N4O2/c1-11-12(2)29-21-18(11)19(24-13(3)25-21)27-8-4-5-14(10-27)20(28)26-17-9-15(22)6-7-16(17)23/h6-7,9,14H,4-5,8,10H2,1-3H3,(H,26,28)/t14-/m1/s1. The molecule has 0 unspecified atom stereocenters. The van der Waals surface area contributed by atoms with Gasteiger partial charge in [0, 0.05) is 24.7 Å². The summed E-state index contributed by atoms with van der Waals surface area (Å²) in [7, 11) is 0. The Balaban J connectivity index is 1.60. The van der Waals surface area contributed by atoms with Gasteiger partial charge in [0.15, 0.2) is 0 Å². The van der Waals surface area contributed by atoms with Gasteiger partial charge < -0.3 is 14.6 Å². The van der Waals surface area contributed by atoms with Crippen LogP contribution in [-0.2, 0) is 4.79 Å². The molecule has 29 heavy (non-hydrogen) atoms. The number of furan rings is 1. The minimum absolute atomic E-state index is 0.145. The lowest BCUT2D eigenvalue weighted by molar-refractivity contribution is -0.120. The predicted molar refractivity (Wildman–Crippen MR) is 106 cm³/mol. The SMILES string of the molecule is Cc1nc(N2CCC[C@@H](C(=O)Nc3cc(F)ccc3F)C2)c2c(C)c(C)oc2n1. The highest BCUT2D eigenvalue weighted by atomic mass is 19.1. The first-order chi connectivity index (χ1) is 13.8. The van der Waals surface area contributed by atoms with E-state index in [4.69, 9.17) is 4.42 Å².